The minimum absolute atomic E-state index is 0.811. The van der Waals surface area contributed by atoms with E-state index in [-0.39, 0.29) is 0 Å². The lowest BCUT2D eigenvalue weighted by Crippen LogP contribution is -2.13. The third-order valence-electron chi connectivity index (χ3n) is 11.2. The molecule has 0 saturated carbocycles. The molecule has 12 aromatic rings. The first-order chi connectivity index (χ1) is 28.2. The smallest absolute Gasteiger partial charge is 0.159 e. The molecule has 0 aliphatic heterocycles. The van der Waals surface area contributed by atoms with Gasteiger partial charge >= 0.3 is 0 Å². The molecule has 268 valence electrons. The van der Waals surface area contributed by atoms with Crippen LogP contribution in [0.1, 0.15) is 0 Å². The van der Waals surface area contributed by atoms with Crippen LogP contribution in [-0.4, -0.2) is 0 Å². The van der Waals surface area contributed by atoms with E-state index in [0.29, 0.717) is 0 Å². The van der Waals surface area contributed by atoms with Gasteiger partial charge in [0.25, 0.3) is 0 Å². The molecular weight excluding hydrogens is 717 g/mol. The number of fused-ring (bicyclic) bond motifs is 10. The maximum absolute atomic E-state index is 7.10. The third-order valence-corrected chi connectivity index (χ3v) is 12.3. The third kappa shape index (κ3) is 5.06. The highest BCUT2D eigenvalue weighted by Gasteiger charge is 2.26. The second kappa shape index (κ2) is 12.6. The molecule has 0 aliphatic rings. The summed E-state index contributed by atoms with van der Waals surface area (Å²) in [6.45, 7) is 0. The number of furan rings is 2. The van der Waals surface area contributed by atoms with Crippen molar-refractivity contribution in [2.24, 2.45) is 0 Å². The van der Waals surface area contributed by atoms with Gasteiger partial charge in [0.1, 0.15) is 16.7 Å². The van der Waals surface area contributed by atoms with Gasteiger partial charge in [0.15, 0.2) is 5.58 Å². The van der Waals surface area contributed by atoms with Crippen molar-refractivity contribution in [3.8, 4) is 0 Å². The number of nitrogens with zero attached hydrogens (tertiary/aromatic N) is 2. The summed E-state index contributed by atoms with van der Waals surface area (Å²) in [5.74, 6) is 0. The van der Waals surface area contributed by atoms with Gasteiger partial charge in [-0.2, -0.15) is 0 Å². The Bertz CT molecular complexity index is 3450. The van der Waals surface area contributed by atoms with E-state index in [9.17, 15) is 0 Å². The van der Waals surface area contributed by atoms with Crippen LogP contribution < -0.4 is 9.80 Å². The van der Waals surface area contributed by atoms with Crippen molar-refractivity contribution in [1.29, 1.82) is 0 Å². The van der Waals surface area contributed by atoms with Crippen LogP contribution >= 0.6 is 11.3 Å². The van der Waals surface area contributed by atoms with Crippen LogP contribution in [-0.2, 0) is 0 Å². The zero-order valence-corrected chi connectivity index (χ0v) is 31.4. The maximum atomic E-state index is 7.10. The van der Waals surface area contributed by atoms with E-state index in [1.165, 1.54) is 25.6 Å². The molecule has 57 heavy (non-hydrogen) atoms. The molecule has 0 N–H and O–H groups in total. The summed E-state index contributed by atoms with van der Waals surface area (Å²) < 4.78 is 16.1. The Balaban J connectivity index is 1.23. The molecule has 0 atom stereocenters. The van der Waals surface area contributed by atoms with Crippen LogP contribution in [0.3, 0.4) is 0 Å². The molecule has 3 aromatic heterocycles. The molecule has 12 rings (SSSR count). The van der Waals surface area contributed by atoms with Crippen LogP contribution in [0.15, 0.2) is 203 Å². The lowest BCUT2D eigenvalue weighted by Gasteiger charge is -2.30. The highest BCUT2D eigenvalue weighted by Crippen LogP contribution is 2.50. The van der Waals surface area contributed by atoms with Crippen molar-refractivity contribution >= 4 is 120 Å². The number of para-hydroxylation sites is 3. The first-order valence-corrected chi connectivity index (χ1v) is 20.0. The number of anilines is 6. The average Bonchev–Trinajstić information content (AvgIpc) is 3.95. The molecule has 9 aromatic carbocycles. The van der Waals surface area contributed by atoms with Crippen LogP contribution in [0.4, 0.5) is 34.1 Å². The lowest BCUT2D eigenvalue weighted by molar-refractivity contribution is 0.668. The first kappa shape index (κ1) is 32.0. The van der Waals surface area contributed by atoms with E-state index >= 15 is 0 Å². The Morgan fingerprint density at radius 3 is 1.81 bits per heavy atom. The fraction of sp³-hybridized carbons (Fsp3) is 0. The minimum Gasteiger partial charge on any atom is -0.456 e. The van der Waals surface area contributed by atoms with Gasteiger partial charge in [-0.25, -0.2) is 0 Å². The largest absolute Gasteiger partial charge is 0.456 e. The van der Waals surface area contributed by atoms with Gasteiger partial charge in [-0.05, 0) is 95.7 Å². The minimum atomic E-state index is 0.811. The molecule has 0 amide bonds. The topological polar surface area (TPSA) is 32.8 Å². The monoisotopic (exact) mass is 748 g/mol. The number of hydrogen-bond acceptors (Lipinski definition) is 5. The fourth-order valence-electron chi connectivity index (χ4n) is 8.63. The second-order valence-electron chi connectivity index (χ2n) is 14.5. The van der Waals surface area contributed by atoms with Gasteiger partial charge in [0.2, 0.25) is 0 Å². The Morgan fingerprint density at radius 1 is 0.333 bits per heavy atom. The molecule has 5 heteroatoms. The van der Waals surface area contributed by atoms with Crippen molar-refractivity contribution in [3.05, 3.63) is 194 Å². The van der Waals surface area contributed by atoms with Crippen LogP contribution in [0.2, 0.25) is 0 Å². The van der Waals surface area contributed by atoms with Crippen molar-refractivity contribution < 1.29 is 8.83 Å². The van der Waals surface area contributed by atoms with Crippen molar-refractivity contribution in [3.63, 3.8) is 0 Å². The molecule has 0 fully saturated rings. The zero-order chi connectivity index (χ0) is 37.5. The van der Waals surface area contributed by atoms with Crippen LogP contribution in [0, 0.1) is 0 Å². The van der Waals surface area contributed by atoms with E-state index < -0.39 is 0 Å². The van der Waals surface area contributed by atoms with E-state index in [4.69, 9.17) is 8.83 Å². The Morgan fingerprint density at radius 2 is 1.00 bits per heavy atom. The SMILES string of the molecule is c1ccc(N(c2ccccc2)c2cc(N(c3ccc4c(c3)sc3ccccc34)c3cccc4oc5ccccc5c34)c3oc4cc5ccccc5cc4c3c2)cc1. The van der Waals surface area contributed by atoms with Crippen molar-refractivity contribution in [2.75, 3.05) is 9.80 Å². The lowest BCUT2D eigenvalue weighted by atomic mass is 10.0. The van der Waals surface area contributed by atoms with Gasteiger partial charge in [0, 0.05) is 59.1 Å². The highest BCUT2D eigenvalue weighted by atomic mass is 32.1. The first-order valence-electron chi connectivity index (χ1n) is 19.2. The number of rotatable bonds is 6. The summed E-state index contributed by atoms with van der Waals surface area (Å²) >= 11 is 1.83. The summed E-state index contributed by atoms with van der Waals surface area (Å²) in [7, 11) is 0. The van der Waals surface area contributed by atoms with E-state index in [1.54, 1.807) is 0 Å². The van der Waals surface area contributed by atoms with E-state index in [2.05, 4.69) is 192 Å². The average molecular weight is 749 g/mol. The maximum Gasteiger partial charge on any atom is 0.159 e. The molecule has 0 bridgehead atoms. The Labute approximate surface area is 331 Å². The summed E-state index contributed by atoms with van der Waals surface area (Å²) in [5, 5.41) is 9.06. The predicted molar refractivity (Wildman–Crippen MR) is 241 cm³/mol. The number of hydrogen-bond donors (Lipinski definition) is 0. The van der Waals surface area contributed by atoms with Gasteiger partial charge in [0.05, 0.1) is 16.8 Å². The molecule has 4 nitrogen and oxygen atoms in total. The fourth-order valence-corrected chi connectivity index (χ4v) is 9.77. The summed E-state index contributed by atoms with van der Waals surface area (Å²) in [4.78, 5) is 4.72. The Kier molecular flexibility index (Phi) is 7.06. The predicted octanol–water partition coefficient (Wildman–Crippen LogP) is 15.9. The van der Waals surface area contributed by atoms with E-state index in [0.717, 1.165) is 83.4 Å². The summed E-state index contributed by atoms with van der Waals surface area (Å²) in [5.41, 5.74) is 9.46. The van der Waals surface area contributed by atoms with Gasteiger partial charge < -0.3 is 18.6 Å². The van der Waals surface area contributed by atoms with Crippen LogP contribution in [0.5, 0.6) is 0 Å². The van der Waals surface area contributed by atoms with Gasteiger partial charge in [-0.3, -0.25) is 0 Å². The molecule has 0 aliphatic carbocycles. The zero-order valence-electron chi connectivity index (χ0n) is 30.6. The molecular formula is C52H32N2O2S. The van der Waals surface area contributed by atoms with Gasteiger partial charge in [-0.15, -0.1) is 11.3 Å². The molecule has 0 radical (unpaired) electrons. The van der Waals surface area contributed by atoms with E-state index in [1.807, 2.05) is 23.5 Å². The summed E-state index contributed by atoms with van der Waals surface area (Å²) in [6, 6.07) is 69.0. The molecule has 0 saturated heterocycles. The standard InChI is InChI=1S/C52H32N2O2S/c1-3-16-35(17-4-1)53(36-18-5-2-6-19-36)38-30-43-42-28-33-14-7-8-15-34(33)29-48(42)56-52(43)45(31-38)54(37-26-27-40-39-20-10-12-25-49(39)57-50(40)32-37)44-22-13-24-47-51(44)41-21-9-11-23-46(41)55-47/h1-32H. The summed E-state index contributed by atoms with van der Waals surface area (Å²) in [6.07, 6.45) is 0. The Hall–Kier alpha value is -7.34. The molecule has 0 spiro atoms. The highest BCUT2D eigenvalue weighted by molar-refractivity contribution is 7.25. The second-order valence-corrected chi connectivity index (χ2v) is 15.6. The molecule has 3 heterocycles. The number of thiophene rings is 1. The van der Waals surface area contributed by atoms with Crippen molar-refractivity contribution in [1.82, 2.24) is 0 Å². The van der Waals surface area contributed by atoms with Gasteiger partial charge in [-0.1, -0.05) is 109 Å². The quantitative estimate of drug-likeness (QED) is 0.170. The molecule has 0 unspecified atom stereocenters. The normalized spacial score (nSPS) is 11.9. The number of benzene rings is 9. The van der Waals surface area contributed by atoms with Crippen molar-refractivity contribution in [2.45, 2.75) is 0 Å². The van der Waals surface area contributed by atoms with Crippen LogP contribution in [0.25, 0.3) is 74.8 Å².